The lowest BCUT2D eigenvalue weighted by molar-refractivity contribution is 0.0522. The number of amides is 1. The molecule has 1 aliphatic carbocycles. The number of hydrogen-bond acceptors (Lipinski definition) is 3. The van der Waals surface area contributed by atoms with Crippen LogP contribution in [-0.4, -0.2) is 38.4 Å². The number of likely N-dealkylation sites (tertiary alicyclic amines) is 1. The fourth-order valence-electron chi connectivity index (χ4n) is 3.54. The molecule has 5 rings (SSSR count). The second-order valence-electron chi connectivity index (χ2n) is 6.70. The van der Waals surface area contributed by atoms with Gasteiger partial charge in [-0.15, -0.1) is 0 Å². The smallest absolute Gasteiger partial charge is 0.254 e. The molecule has 1 aliphatic heterocycles. The number of carbonyl (C=O) groups excluding carboxylic acids is 1. The van der Waals surface area contributed by atoms with Gasteiger partial charge in [0.1, 0.15) is 5.82 Å². The zero-order valence-electron chi connectivity index (χ0n) is 13.3. The molecule has 1 aromatic carbocycles. The summed E-state index contributed by atoms with van der Waals surface area (Å²) in [5, 5.41) is 0. The van der Waals surface area contributed by atoms with Crippen LogP contribution in [0.15, 0.2) is 48.8 Å². The number of para-hydroxylation sites is 2. The number of aromatic nitrogens is 3. The van der Waals surface area contributed by atoms with E-state index in [-0.39, 0.29) is 5.91 Å². The van der Waals surface area contributed by atoms with Crippen LogP contribution in [0.2, 0.25) is 0 Å². The Morgan fingerprint density at radius 2 is 1.79 bits per heavy atom. The first-order chi connectivity index (χ1) is 11.8. The van der Waals surface area contributed by atoms with E-state index in [9.17, 15) is 4.79 Å². The van der Waals surface area contributed by atoms with Gasteiger partial charge in [-0.1, -0.05) is 12.1 Å². The molecule has 2 aromatic heterocycles. The molecule has 1 saturated heterocycles. The number of hydrogen-bond donors (Lipinski definition) is 0. The SMILES string of the molecule is O=C(c1ccncc1)N1CC(n2c(C3CC3)nc3ccccc32)C1. The van der Waals surface area contributed by atoms with Gasteiger partial charge in [0.2, 0.25) is 0 Å². The summed E-state index contributed by atoms with van der Waals surface area (Å²) in [6, 6.07) is 12.2. The Labute approximate surface area is 139 Å². The highest BCUT2D eigenvalue weighted by atomic mass is 16.2. The summed E-state index contributed by atoms with van der Waals surface area (Å²) < 4.78 is 2.38. The summed E-state index contributed by atoms with van der Waals surface area (Å²) in [6.07, 6.45) is 5.80. The molecule has 0 unspecified atom stereocenters. The van der Waals surface area contributed by atoms with Crippen LogP contribution >= 0.6 is 0 Å². The van der Waals surface area contributed by atoms with Gasteiger partial charge in [-0.05, 0) is 37.1 Å². The summed E-state index contributed by atoms with van der Waals surface area (Å²) in [4.78, 5) is 23.3. The fraction of sp³-hybridized carbons (Fsp3) is 0.316. The maximum atomic E-state index is 12.5. The van der Waals surface area contributed by atoms with Crippen molar-refractivity contribution in [1.82, 2.24) is 19.4 Å². The maximum absolute atomic E-state index is 12.5. The topological polar surface area (TPSA) is 51.0 Å². The van der Waals surface area contributed by atoms with E-state index in [1.54, 1.807) is 24.5 Å². The van der Waals surface area contributed by atoms with Crippen LogP contribution in [0.5, 0.6) is 0 Å². The van der Waals surface area contributed by atoms with Crippen molar-refractivity contribution in [1.29, 1.82) is 0 Å². The Morgan fingerprint density at radius 1 is 1.04 bits per heavy atom. The summed E-state index contributed by atoms with van der Waals surface area (Å²) in [5.41, 5.74) is 2.97. The first kappa shape index (κ1) is 13.7. The van der Waals surface area contributed by atoms with Crippen molar-refractivity contribution in [2.75, 3.05) is 13.1 Å². The summed E-state index contributed by atoms with van der Waals surface area (Å²) >= 11 is 0. The lowest BCUT2D eigenvalue weighted by Gasteiger charge is -2.41. The van der Waals surface area contributed by atoms with Gasteiger partial charge in [0, 0.05) is 37.0 Å². The third kappa shape index (κ3) is 2.12. The molecule has 3 heterocycles. The third-order valence-electron chi connectivity index (χ3n) is 5.01. The van der Waals surface area contributed by atoms with E-state index in [2.05, 4.69) is 27.8 Å². The van der Waals surface area contributed by atoms with Crippen molar-refractivity contribution in [3.8, 4) is 0 Å². The Hall–Kier alpha value is -2.69. The molecule has 1 saturated carbocycles. The third-order valence-corrected chi connectivity index (χ3v) is 5.01. The monoisotopic (exact) mass is 318 g/mol. The quantitative estimate of drug-likeness (QED) is 0.746. The number of pyridine rings is 1. The molecule has 5 nitrogen and oxygen atoms in total. The first-order valence-corrected chi connectivity index (χ1v) is 8.47. The molecule has 5 heteroatoms. The van der Waals surface area contributed by atoms with E-state index in [4.69, 9.17) is 4.98 Å². The maximum Gasteiger partial charge on any atom is 0.254 e. The number of carbonyl (C=O) groups is 1. The molecule has 0 radical (unpaired) electrons. The van der Waals surface area contributed by atoms with Gasteiger partial charge in [-0.3, -0.25) is 9.78 Å². The number of rotatable bonds is 3. The molecule has 24 heavy (non-hydrogen) atoms. The second-order valence-corrected chi connectivity index (χ2v) is 6.70. The Balaban J connectivity index is 1.42. The lowest BCUT2D eigenvalue weighted by atomic mass is 10.1. The van der Waals surface area contributed by atoms with Crippen LogP contribution in [0.25, 0.3) is 11.0 Å². The molecular weight excluding hydrogens is 300 g/mol. The summed E-state index contributed by atoms with van der Waals surface area (Å²) in [5.74, 6) is 1.89. The minimum absolute atomic E-state index is 0.0889. The number of benzene rings is 1. The predicted octanol–water partition coefficient (Wildman–Crippen LogP) is 3.01. The number of fused-ring (bicyclic) bond motifs is 1. The predicted molar refractivity (Wildman–Crippen MR) is 90.9 cm³/mol. The van der Waals surface area contributed by atoms with Crippen molar-refractivity contribution >= 4 is 16.9 Å². The Kier molecular flexibility index (Phi) is 2.95. The molecule has 3 aromatic rings. The normalized spacial score (nSPS) is 17.9. The molecule has 120 valence electrons. The van der Waals surface area contributed by atoms with Crippen molar-refractivity contribution in [3.05, 3.63) is 60.2 Å². The van der Waals surface area contributed by atoms with E-state index in [1.165, 1.54) is 24.2 Å². The minimum Gasteiger partial charge on any atom is -0.334 e. The minimum atomic E-state index is 0.0889. The van der Waals surface area contributed by atoms with E-state index >= 15 is 0 Å². The standard InChI is InChI=1S/C19H18N4O/c24-19(14-7-9-20-10-8-14)22-11-15(12-22)23-17-4-2-1-3-16(17)21-18(23)13-5-6-13/h1-4,7-10,13,15H,5-6,11-12H2. The number of imidazole rings is 1. The largest absolute Gasteiger partial charge is 0.334 e. The van der Waals surface area contributed by atoms with Gasteiger partial charge in [0.15, 0.2) is 0 Å². The highest BCUT2D eigenvalue weighted by Gasteiger charge is 2.38. The van der Waals surface area contributed by atoms with E-state index in [1.807, 2.05) is 11.0 Å². The average Bonchev–Trinajstić information content (AvgIpc) is 3.36. The van der Waals surface area contributed by atoms with Crippen LogP contribution in [0.4, 0.5) is 0 Å². The van der Waals surface area contributed by atoms with Crippen LogP contribution in [0.1, 0.15) is 41.0 Å². The zero-order chi connectivity index (χ0) is 16.1. The first-order valence-electron chi connectivity index (χ1n) is 8.47. The van der Waals surface area contributed by atoms with Gasteiger partial charge in [-0.25, -0.2) is 4.98 Å². The molecule has 2 aliphatic rings. The second kappa shape index (κ2) is 5.16. The van der Waals surface area contributed by atoms with Gasteiger partial charge >= 0.3 is 0 Å². The Morgan fingerprint density at radius 3 is 2.54 bits per heavy atom. The summed E-state index contributed by atoms with van der Waals surface area (Å²) in [6.45, 7) is 1.50. The molecule has 0 bridgehead atoms. The van der Waals surface area contributed by atoms with E-state index < -0.39 is 0 Å². The highest BCUT2D eigenvalue weighted by molar-refractivity contribution is 5.94. The van der Waals surface area contributed by atoms with Gasteiger partial charge in [0.25, 0.3) is 5.91 Å². The van der Waals surface area contributed by atoms with E-state index in [0.29, 0.717) is 17.5 Å². The van der Waals surface area contributed by atoms with Crippen LogP contribution in [0, 0.1) is 0 Å². The highest BCUT2D eigenvalue weighted by Crippen LogP contribution is 2.43. The number of nitrogens with zero attached hydrogens (tertiary/aromatic N) is 4. The average molecular weight is 318 g/mol. The van der Waals surface area contributed by atoms with E-state index in [0.717, 1.165) is 18.6 Å². The van der Waals surface area contributed by atoms with Crippen LogP contribution in [-0.2, 0) is 0 Å². The van der Waals surface area contributed by atoms with Crippen LogP contribution < -0.4 is 0 Å². The molecule has 0 N–H and O–H groups in total. The molecule has 0 spiro atoms. The molecular formula is C19H18N4O. The van der Waals surface area contributed by atoms with Gasteiger partial charge < -0.3 is 9.47 Å². The van der Waals surface area contributed by atoms with Crippen molar-refractivity contribution < 1.29 is 4.79 Å². The van der Waals surface area contributed by atoms with Crippen molar-refractivity contribution in [2.24, 2.45) is 0 Å². The van der Waals surface area contributed by atoms with Crippen molar-refractivity contribution in [2.45, 2.75) is 24.8 Å². The zero-order valence-corrected chi connectivity index (χ0v) is 13.3. The van der Waals surface area contributed by atoms with Gasteiger partial charge in [0.05, 0.1) is 17.1 Å². The van der Waals surface area contributed by atoms with Gasteiger partial charge in [-0.2, -0.15) is 0 Å². The Bertz CT molecular complexity index is 908. The molecule has 1 amide bonds. The summed E-state index contributed by atoms with van der Waals surface area (Å²) in [7, 11) is 0. The molecule has 2 fully saturated rings. The van der Waals surface area contributed by atoms with Crippen LogP contribution in [0.3, 0.4) is 0 Å². The molecule has 0 atom stereocenters. The fourth-order valence-corrected chi connectivity index (χ4v) is 3.54. The lowest BCUT2D eigenvalue weighted by Crippen LogP contribution is -2.51. The van der Waals surface area contributed by atoms with Crippen molar-refractivity contribution in [3.63, 3.8) is 0 Å².